The van der Waals surface area contributed by atoms with Crippen LogP contribution in [0.15, 0.2) is 12.4 Å². The van der Waals surface area contributed by atoms with Crippen molar-refractivity contribution < 1.29 is 31.5 Å². The molecule has 0 aliphatic heterocycles. The molecule has 0 aromatic carbocycles. The van der Waals surface area contributed by atoms with E-state index in [2.05, 4.69) is 9.97 Å². The summed E-state index contributed by atoms with van der Waals surface area (Å²) in [6, 6.07) is 0.305. The first kappa shape index (κ1) is 14.4. The Labute approximate surface area is 99.4 Å². The molecule has 1 heterocycles. The van der Waals surface area contributed by atoms with Gasteiger partial charge in [-0.1, -0.05) is 0 Å². The Morgan fingerprint density at radius 3 is 2.33 bits per heavy atom. The molecule has 1 rings (SSSR count). The molecule has 0 aliphatic rings. The van der Waals surface area contributed by atoms with Gasteiger partial charge in [-0.25, -0.2) is 18.4 Å². The SMILES string of the molecule is CS(=O)(=O)C(C(=O)O)c1cc(C(F)(F)F)ncn1. The molecule has 0 saturated heterocycles. The van der Waals surface area contributed by atoms with E-state index in [9.17, 15) is 26.4 Å². The molecule has 18 heavy (non-hydrogen) atoms. The number of halogens is 3. The first-order valence-electron chi connectivity index (χ1n) is 4.34. The molecule has 100 valence electrons. The van der Waals surface area contributed by atoms with E-state index in [4.69, 9.17) is 5.11 Å². The number of hydrogen-bond acceptors (Lipinski definition) is 5. The van der Waals surface area contributed by atoms with Gasteiger partial charge in [0, 0.05) is 6.26 Å². The van der Waals surface area contributed by atoms with Gasteiger partial charge in [-0.2, -0.15) is 13.2 Å². The van der Waals surface area contributed by atoms with E-state index in [1.165, 1.54) is 0 Å². The summed E-state index contributed by atoms with van der Waals surface area (Å²) in [6.07, 6.45) is -3.74. The van der Waals surface area contributed by atoms with Crippen molar-refractivity contribution in [3.8, 4) is 0 Å². The van der Waals surface area contributed by atoms with E-state index in [0.717, 1.165) is 0 Å². The van der Waals surface area contributed by atoms with Crippen LogP contribution in [-0.2, 0) is 20.8 Å². The van der Waals surface area contributed by atoms with Crippen LogP contribution in [0, 0.1) is 0 Å². The van der Waals surface area contributed by atoms with Gasteiger partial charge in [0.25, 0.3) is 0 Å². The predicted molar refractivity (Wildman–Crippen MR) is 52.3 cm³/mol. The lowest BCUT2D eigenvalue weighted by Gasteiger charge is -2.11. The molecule has 0 bridgehead atoms. The fourth-order valence-corrected chi connectivity index (χ4v) is 2.13. The van der Waals surface area contributed by atoms with Crippen molar-refractivity contribution >= 4 is 15.8 Å². The highest BCUT2D eigenvalue weighted by Gasteiger charge is 2.37. The standard InChI is InChI=1S/C8H7F3N2O4S/c1-18(16,17)6(7(14)15)4-2-5(8(9,10)11)13-3-12-4/h2-3,6H,1H3,(H,14,15). The minimum Gasteiger partial charge on any atom is -0.480 e. The van der Waals surface area contributed by atoms with Gasteiger partial charge in [-0.3, -0.25) is 4.79 Å². The second kappa shape index (κ2) is 4.52. The second-order valence-electron chi connectivity index (χ2n) is 3.37. The smallest absolute Gasteiger partial charge is 0.433 e. The van der Waals surface area contributed by atoms with Gasteiger partial charge in [0.1, 0.15) is 12.0 Å². The van der Waals surface area contributed by atoms with Crippen molar-refractivity contribution in [1.82, 2.24) is 9.97 Å². The minimum atomic E-state index is -4.81. The van der Waals surface area contributed by atoms with E-state index in [1.807, 2.05) is 0 Å². The zero-order chi connectivity index (χ0) is 14.1. The average Bonchev–Trinajstić information content (AvgIpc) is 2.13. The van der Waals surface area contributed by atoms with E-state index < -0.39 is 38.6 Å². The molecule has 6 nitrogen and oxygen atoms in total. The molecule has 1 aromatic rings. The van der Waals surface area contributed by atoms with Crippen LogP contribution in [0.2, 0.25) is 0 Å². The molecule has 1 unspecified atom stereocenters. The number of hydrogen-bond donors (Lipinski definition) is 1. The van der Waals surface area contributed by atoms with Gasteiger partial charge in [-0.05, 0) is 6.07 Å². The molecule has 1 aromatic heterocycles. The largest absolute Gasteiger partial charge is 0.480 e. The monoisotopic (exact) mass is 284 g/mol. The third kappa shape index (κ3) is 3.15. The number of sulfone groups is 1. The summed E-state index contributed by atoms with van der Waals surface area (Å²) in [5.74, 6) is -1.80. The molecule has 0 saturated carbocycles. The van der Waals surface area contributed by atoms with Crippen molar-refractivity contribution in [2.45, 2.75) is 11.4 Å². The Hall–Kier alpha value is -1.71. The van der Waals surface area contributed by atoms with Crippen LogP contribution in [-0.4, -0.2) is 35.7 Å². The van der Waals surface area contributed by atoms with Crippen molar-refractivity contribution in [2.75, 3.05) is 6.26 Å². The molecule has 0 radical (unpaired) electrons. The van der Waals surface area contributed by atoms with Gasteiger partial charge < -0.3 is 5.11 Å². The highest BCUT2D eigenvalue weighted by atomic mass is 32.2. The molecule has 0 fully saturated rings. The molecule has 0 spiro atoms. The summed E-state index contributed by atoms with van der Waals surface area (Å²) in [5, 5.41) is 6.58. The van der Waals surface area contributed by atoms with E-state index >= 15 is 0 Å². The van der Waals surface area contributed by atoms with Crippen molar-refractivity contribution in [2.24, 2.45) is 0 Å². The topological polar surface area (TPSA) is 97.2 Å². The second-order valence-corrected chi connectivity index (χ2v) is 5.50. The number of aromatic nitrogens is 2. The number of carboxylic acid groups (broad SMARTS) is 1. The summed E-state index contributed by atoms with van der Waals surface area (Å²) < 4.78 is 59.4. The maximum Gasteiger partial charge on any atom is 0.433 e. The van der Waals surface area contributed by atoms with E-state index in [1.54, 1.807) is 0 Å². The van der Waals surface area contributed by atoms with Gasteiger partial charge in [0.15, 0.2) is 15.1 Å². The number of nitrogens with zero attached hydrogens (tertiary/aromatic N) is 2. The Morgan fingerprint density at radius 2 is 1.94 bits per heavy atom. The lowest BCUT2D eigenvalue weighted by molar-refractivity contribution is -0.142. The van der Waals surface area contributed by atoms with Crippen molar-refractivity contribution in [3.05, 3.63) is 23.8 Å². The van der Waals surface area contributed by atoms with Gasteiger partial charge in [-0.15, -0.1) is 0 Å². The van der Waals surface area contributed by atoms with Crippen LogP contribution in [0.5, 0.6) is 0 Å². The zero-order valence-corrected chi connectivity index (χ0v) is 9.66. The average molecular weight is 284 g/mol. The number of carboxylic acids is 1. The zero-order valence-electron chi connectivity index (χ0n) is 8.84. The Balaban J connectivity index is 3.37. The fraction of sp³-hybridized carbons (Fsp3) is 0.375. The first-order chi connectivity index (χ1) is 8.03. The van der Waals surface area contributed by atoms with E-state index in [-0.39, 0.29) is 0 Å². The van der Waals surface area contributed by atoms with Crippen LogP contribution in [0.4, 0.5) is 13.2 Å². The highest BCUT2D eigenvalue weighted by molar-refractivity contribution is 7.91. The Kier molecular flexibility index (Phi) is 3.60. The highest BCUT2D eigenvalue weighted by Crippen LogP contribution is 2.29. The van der Waals surface area contributed by atoms with Crippen LogP contribution < -0.4 is 0 Å². The normalized spacial score (nSPS) is 14.2. The first-order valence-corrected chi connectivity index (χ1v) is 6.29. The van der Waals surface area contributed by atoms with Gasteiger partial charge in [0.05, 0.1) is 5.69 Å². The van der Waals surface area contributed by atoms with Gasteiger partial charge in [0.2, 0.25) is 0 Å². The lowest BCUT2D eigenvalue weighted by Crippen LogP contribution is -2.23. The fourth-order valence-electron chi connectivity index (χ4n) is 1.20. The van der Waals surface area contributed by atoms with Crippen LogP contribution in [0.25, 0.3) is 0 Å². The molecule has 10 heteroatoms. The quantitative estimate of drug-likeness (QED) is 0.876. The van der Waals surface area contributed by atoms with E-state index in [0.29, 0.717) is 18.6 Å². The molecule has 1 atom stereocenters. The summed E-state index contributed by atoms with van der Waals surface area (Å²) >= 11 is 0. The Morgan fingerprint density at radius 1 is 1.39 bits per heavy atom. The number of aliphatic carboxylic acids is 1. The van der Waals surface area contributed by atoms with Crippen LogP contribution in [0.3, 0.4) is 0 Å². The summed E-state index contributed by atoms with van der Waals surface area (Å²) in [7, 11) is -4.14. The number of rotatable bonds is 3. The minimum absolute atomic E-state index is 0.305. The van der Waals surface area contributed by atoms with Crippen LogP contribution >= 0.6 is 0 Å². The molecular formula is C8H7F3N2O4S. The molecule has 0 amide bonds. The molecular weight excluding hydrogens is 277 g/mol. The maximum atomic E-state index is 12.3. The number of alkyl halides is 3. The van der Waals surface area contributed by atoms with Crippen LogP contribution in [0.1, 0.15) is 16.6 Å². The third-order valence-corrected chi connectivity index (χ3v) is 3.20. The molecule has 0 aliphatic carbocycles. The number of carbonyl (C=O) groups is 1. The lowest BCUT2D eigenvalue weighted by atomic mass is 10.2. The third-order valence-electron chi connectivity index (χ3n) is 1.90. The summed E-state index contributed by atoms with van der Waals surface area (Å²) in [5.41, 5.74) is -2.13. The Bertz CT molecular complexity index is 570. The predicted octanol–water partition coefficient (Wildman–Crippen LogP) is 0.666. The summed E-state index contributed by atoms with van der Waals surface area (Å²) in [4.78, 5) is 17.0. The van der Waals surface area contributed by atoms with Gasteiger partial charge >= 0.3 is 12.1 Å². The maximum absolute atomic E-state index is 12.3. The van der Waals surface area contributed by atoms with Crippen molar-refractivity contribution in [3.63, 3.8) is 0 Å². The molecule has 1 N–H and O–H groups in total. The summed E-state index contributed by atoms with van der Waals surface area (Å²) in [6.45, 7) is 0. The van der Waals surface area contributed by atoms with Crippen molar-refractivity contribution in [1.29, 1.82) is 0 Å².